The summed E-state index contributed by atoms with van der Waals surface area (Å²) in [6.07, 6.45) is 0.896. The third-order valence-corrected chi connectivity index (χ3v) is 4.33. The fourth-order valence-corrected chi connectivity index (χ4v) is 2.99. The molecule has 1 aliphatic heterocycles. The highest BCUT2D eigenvalue weighted by molar-refractivity contribution is 5.98. The third-order valence-electron chi connectivity index (χ3n) is 4.33. The molecular formula is C22H21N5O3. The van der Waals surface area contributed by atoms with Gasteiger partial charge in [0.15, 0.2) is 0 Å². The smallest absolute Gasteiger partial charge is 0.248 e. The molecule has 3 aromatic rings. The molecule has 8 nitrogen and oxygen atoms in total. The summed E-state index contributed by atoms with van der Waals surface area (Å²) in [6.45, 7) is 1.72. The van der Waals surface area contributed by atoms with Gasteiger partial charge in [0.05, 0.1) is 11.3 Å². The van der Waals surface area contributed by atoms with Crippen molar-refractivity contribution in [2.24, 2.45) is 10.8 Å². The van der Waals surface area contributed by atoms with E-state index in [4.69, 9.17) is 15.2 Å². The van der Waals surface area contributed by atoms with Crippen LogP contribution in [0.1, 0.15) is 18.1 Å². The molecule has 2 aromatic carbocycles. The Hall–Kier alpha value is -3.91. The molecular weight excluding hydrogens is 382 g/mol. The first-order valence-electron chi connectivity index (χ1n) is 9.40. The van der Waals surface area contributed by atoms with Gasteiger partial charge in [-0.05, 0) is 42.0 Å². The Balaban J connectivity index is 1.53. The van der Waals surface area contributed by atoms with Crippen LogP contribution < -0.4 is 20.8 Å². The number of hydrogen-bond acceptors (Lipinski definition) is 7. The Labute approximate surface area is 173 Å². The van der Waals surface area contributed by atoms with Crippen LogP contribution >= 0.6 is 0 Å². The minimum absolute atomic E-state index is 0.179. The number of anilines is 2. The summed E-state index contributed by atoms with van der Waals surface area (Å²) in [5.41, 5.74) is 8.51. The largest absolute Gasteiger partial charge is 0.488 e. The zero-order valence-corrected chi connectivity index (χ0v) is 16.4. The number of rotatable bonds is 6. The van der Waals surface area contributed by atoms with Gasteiger partial charge in [-0.1, -0.05) is 30.3 Å². The van der Waals surface area contributed by atoms with Crippen LogP contribution in [0.3, 0.4) is 0 Å². The number of amides is 1. The van der Waals surface area contributed by atoms with E-state index in [1.165, 1.54) is 6.92 Å². The van der Waals surface area contributed by atoms with Gasteiger partial charge >= 0.3 is 0 Å². The standard InChI is InChI=1S/C22H21N5O3/c1-15(28)25-20-13-16(11-12-24-20)14-29-19-10-6-5-9-18(19)21-26-27(22(23)30-21)17-7-3-2-4-8-17/h2-13,22H,14,23H2,1H3,(H,24,25,28). The van der Waals surface area contributed by atoms with Gasteiger partial charge in [-0.15, -0.1) is 5.10 Å². The third kappa shape index (κ3) is 4.39. The van der Waals surface area contributed by atoms with Crippen molar-refractivity contribution in [3.05, 3.63) is 84.1 Å². The molecule has 0 saturated carbocycles. The molecule has 1 aliphatic rings. The summed E-state index contributed by atoms with van der Waals surface area (Å²) < 4.78 is 11.8. The lowest BCUT2D eigenvalue weighted by Crippen LogP contribution is -2.36. The first-order chi connectivity index (χ1) is 14.6. The summed E-state index contributed by atoms with van der Waals surface area (Å²) in [4.78, 5) is 15.3. The average molecular weight is 403 g/mol. The minimum Gasteiger partial charge on any atom is -0.488 e. The summed E-state index contributed by atoms with van der Waals surface area (Å²) in [6, 6.07) is 20.6. The topological polar surface area (TPSA) is 102 Å². The van der Waals surface area contributed by atoms with Crippen molar-refractivity contribution in [2.75, 3.05) is 10.3 Å². The fraction of sp³-hybridized carbons (Fsp3) is 0.136. The number of nitrogens with two attached hydrogens (primary N) is 1. The molecule has 1 unspecified atom stereocenters. The lowest BCUT2D eigenvalue weighted by atomic mass is 10.2. The van der Waals surface area contributed by atoms with Crippen LogP contribution in [-0.4, -0.2) is 23.1 Å². The van der Waals surface area contributed by atoms with Gasteiger partial charge < -0.3 is 14.8 Å². The highest BCUT2D eigenvalue weighted by Gasteiger charge is 2.28. The summed E-state index contributed by atoms with van der Waals surface area (Å²) in [5, 5.41) is 8.82. The molecule has 1 atom stereocenters. The zero-order valence-electron chi connectivity index (χ0n) is 16.4. The van der Waals surface area contributed by atoms with Gasteiger partial charge in [0.1, 0.15) is 18.2 Å². The van der Waals surface area contributed by atoms with Crippen molar-refractivity contribution >= 4 is 23.3 Å². The number of nitrogens with one attached hydrogen (secondary N) is 1. The van der Waals surface area contributed by atoms with E-state index < -0.39 is 6.35 Å². The van der Waals surface area contributed by atoms with Crippen molar-refractivity contribution in [1.29, 1.82) is 0 Å². The van der Waals surface area contributed by atoms with Gasteiger partial charge in [0.2, 0.25) is 18.2 Å². The minimum atomic E-state index is -0.726. The second kappa shape index (κ2) is 8.62. The van der Waals surface area contributed by atoms with Crippen LogP contribution in [0.25, 0.3) is 0 Å². The van der Waals surface area contributed by atoms with Crippen LogP contribution in [-0.2, 0) is 16.1 Å². The lowest BCUT2D eigenvalue weighted by Gasteiger charge is -2.17. The first kappa shape index (κ1) is 19.4. The van der Waals surface area contributed by atoms with Crippen molar-refractivity contribution in [1.82, 2.24) is 4.98 Å². The number of nitrogens with zero attached hydrogens (tertiary/aromatic N) is 3. The molecule has 152 valence electrons. The maximum atomic E-state index is 11.2. The summed E-state index contributed by atoms with van der Waals surface area (Å²) >= 11 is 0. The number of carbonyl (C=O) groups excluding carboxylic acids is 1. The van der Waals surface area contributed by atoms with Gasteiger partial charge in [0.25, 0.3) is 0 Å². The Morgan fingerprint density at radius 1 is 1.17 bits per heavy atom. The van der Waals surface area contributed by atoms with E-state index in [1.54, 1.807) is 17.3 Å². The predicted molar refractivity (Wildman–Crippen MR) is 114 cm³/mol. The van der Waals surface area contributed by atoms with Crippen molar-refractivity contribution < 1.29 is 14.3 Å². The number of hydrazone groups is 1. The molecule has 8 heteroatoms. The van der Waals surface area contributed by atoms with Gasteiger partial charge in [-0.2, -0.15) is 0 Å². The molecule has 1 aromatic heterocycles. The van der Waals surface area contributed by atoms with E-state index in [9.17, 15) is 4.79 Å². The molecule has 0 radical (unpaired) electrons. The number of aromatic nitrogens is 1. The molecule has 2 heterocycles. The van der Waals surface area contributed by atoms with E-state index in [-0.39, 0.29) is 12.5 Å². The Morgan fingerprint density at radius 3 is 2.73 bits per heavy atom. The number of pyridine rings is 1. The zero-order chi connectivity index (χ0) is 20.9. The monoisotopic (exact) mass is 403 g/mol. The van der Waals surface area contributed by atoms with E-state index in [0.29, 0.717) is 23.0 Å². The number of para-hydroxylation sites is 2. The van der Waals surface area contributed by atoms with E-state index in [2.05, 4.69) is 15.4 Å². The average Bonchev–Trinajstić information content (AvgIpc) is 3.14. The maximum absolute atomic E-state index is 11.2. The van der Waals surface area contributed by atoms with E-state index >= 15 is 0 Å². The van der Waals surface area contributed by atoms with Crippen molar-refractivity contribution in [3.63, 3.8) is 0 Å². The number of hydrogen-bond donors (Lipinski definition) is 2. The maximum Gasteiger partial charge on any atom is 0.248 e. The van der Waals surface area contributed by atoms with E-state index in [1.807, 2.05) is 60.7 Å². The second-order valence-corrected chi connectivity index (χ2v) is 6.61. The summed E-state index contributed by atoms with van der Waals surface area (Å²) in [7, 11) is 0. The SMILES string of the molecule is CC(=O)Nc1cc(COc2ccccc2C2=NN(c3ccccc3)C(N)O2)ccn1. The highest BCUT2D eigenvalue weighted by Crippen LogP contribution is 2.27. The van der Waals surface area contributed by atoms with Crippen LogP contribution in [0.2, 0.25) is 0 Å². The number of carbonyl (C=O) groups is 1. The second-order valence-electron chi connectivity index (χ2n) is 6.61. The molecule has 30 heavy (non-hydrogen) atoms. The predicted octanol–water partition coefficient (Wildman–Crippen LogP) is 3.06. The quantitative estimate of drug-likeness (QED) is 0.656. The lowest BCUT2D eigenvalue weighted by molar-refractivity contribution is -0.114. The molecule has 1 amide bonds. The Morgan fingerprint density at radius 2 is 1.93 bits per heavy atom. The number of ether oxygens (including phenoxy) is 2. The Kier molecular flexibility index (Phi) is 5.58. The highest BCUT2D eigenvalue weighted by atomic mass is 16.5. The summed E-state index contributed by atoms with van der Waals surface area (Å²) in [5.74, 6) is 1.29. The molecule has 0 aliphatic carbocycles. The van der Waals surface area contributed by atoms with Gasteiger partial charge in [-0.3, -0.25) is 10.5 Å². The molecule has 0 fully saturated rings. The van der Waals surface area contributed by atoms with Gasteiger partial charge in [-0.25, -0.2) is 9.99 Å². The van der Waals surface area contributed by atoms with Crippen LogP contribution in [0.15, 0.2) is 78.0 Å². The van der Waals surface area contributed by atoms with Crippen LogP contribution in [0.4, 0.5) is 11.5 Å². The molecule has 3 N–H and O–H groups in total. The number of benzene rings is 2. The van der Waals surface area contributed by atoms with Crippen molar-refractivity contribution in [2.45, 2.75) is 19.9 Å². The Bertz CT molecular complexity index is 1070. The van der Waals surface area contributed by atoms with E-state index in [0.717, 1.165) is 11.3 Å². The fourth-order valence-electron chi connectivity index (χ4n) is 2.99. The van der Waals surface area contributed by atoms with Crippen molar-refractivity contribution in [3.8, 4) is 5.75 Å². The normalized spacial score (nSPS) is 15.3. The van der Waals surface area contributed by atoms with Gasteiger partial charge in [0, 0.05) is 13.1 Å². The molecule has 0 saturated heterocycles. The molecule has 0 spiro atoms. The van der Waals surface area contributed by atoms with Crippen LogP contribution in [0.5, 0.6) is 5.75 Å². The molecule has 0 bridgehead atoms. The molecule has 4 rings (SSSR count). The van der Waals surface area contributed by atoms with Crippen LogP contribution in [0, 0.1) is 0 Å². The first-order valence-corrected chi connectivity index (χ1v) is 9.40.